The lowest BCUT2D eigenvalue weighted by Crippen LogP contribution is -2.23. The van der Waals surface area contributed by atoms with Gasteiger partial charge in [0.2, 0.25) is 0 Å². The van der Waals surface area contributed by atoms with Gasteiger partial charge in [0, 0.05) is 29.2 Å². The van der Waals surface area contributed by atoms with Crippen LogP contribution in [-0.4, -0.2) is 11.5 Å². The minimum absolute atomic E-state index is 0.384. The third-order valence-electron chi connectivity index (χ3n) is 3.31. The summed E-state index contributed by atoms with van der Waals surface area (Å²) >= 11 is 1.85. The second kappa shape index (κ2) is 6.83. The zero-order valence-electron chi connectivity index (χ0n) is 11.9. The van der Waals surface area contributed by atoms with E-state index in [-0.39, 0.29) is 0 Å². The fourth-order valence-electron chi connectivity index (χ4n) is 2.28. The Morgan fingerprint density at radius 2 is 2.11 bits per heavy atom. The average molecular weight is 274 g/mol. The topological polar surface area (TPSA) is 24.9 Å². The van der Waals surface area contributed by atoms with Crippen LogP contribution >= 0.6 is 11.3 Å². The van der Waals surface area contributed by atoms with Crippen LogP contribution in [0.2, 0.25) is 0 Å². The van der Waals surface area contributed by atoms with Crippen molar-refractivity contribution in [2.24, 2.45) is 0 Å². The highest BCUT2D eigenvalue weighted by atomic mass is 32.1. The molecule has 2 aromatic rings. The van der Waals surface area contributed by atoms with Gasteiger partial charge in [-0.05, 0) is 48.5 Å². The Labute approximate surface area is 119 Å². The summed E-state index contributed by atoms with van der Waals surface area (Å²) < 4.78 is 0. The number of rotatable bonds is 6. The highest BCUT2D eigenvalue weighted by molar-refractivity contribution is 7.10. The van der Waals surface area contributed by atoms with Crippen LogP contribution in [0.1, 0.15) is 41.6 Å². The number of likely N-dealkylation sites (N-methyl/N-ethyl adjacent to an activating group) is 1. The molecule has 0 aliphatic heterocycles. The molecule has 0 aliphatic rings. The summed E-state index contributed by atoms with van der Waals surface area (Å²) in [5, 5.41) is 5.79. The lowest BCUT2D eigenvalue weighted by Gasteiger charge is -2.18. The smallest absolute Gasteiger partial charge is 0.0473 e. The third-order valence-corrected chi connectivity index (χ3v) is 4.39. The summed E-state index contributed by atoms with van der Waals surface area (Å²) in [6.07, 6.45) is 4.01. The first-order chi connectivity index (χ1) is 9.24. The van der Waals surface area contributed by atoms with E-state index in [4.69, 9.17) is 0 Å². The number of aryl methyl sites for hydroxylation is 2. The maximum Gasteiger partial charge on any atom is 0.0473 e. The molecule has 0 saturated carbocycles. The van der Waals surface area contributed by atoms with E-state index in [1.807, 2.05) is 17.5 Å². The summed E-state index contributed by atoms with van der Waals surface area (Å²) in [5.41, 5.74) is 3.84. The van der Waals surface area contributed by atoms with Crippen molar-refractivity contribution in [2.45, 2.75) is 39.7 Å². The van der Waals surface area contributed by atoms with Crippen molar-refractivity contribution in [2.75, 3.05) is 6.54 Å². The van der Waals surface area contributed by atoms with E-state index < -0.39 is 0 Å². The van der Waals surface area contributed by atoms with Gasteiger partial charge >= 0.3 is 0 Å². The van der Waals surface area contributed by atoms with Crippen molar-refractivity contribution in [1.29, 1.82) is 0 Å². The van der Waals surface area contributed by atoms with Crippen molar-refractivity contribution in [3.63, 3.8) is 0 Å². The normalized spacial score (nSPS) is 12.6. The van der Waals surface area contributed by atoms with E-state index in [0.717, 1.165) is 25.1 Å². The number of nitrogens with zero attached hydrogens (tertiary/aromatic N) is 1. The van der Waals surface area contributed by atoms with E-state index in [1.165, 1.54) is 16.0 Å². The van der Waals surface area contributed by atoms with Crippen LogP contribution in [0.3, 0.4) is 0 Å². The molecular formula is C16H22N2S. The summed E-state index contributed by atoms with van der Waals surface area (Å²) in [5.74, 6) is 0. The lowest BCUT2D eigenvalue weighted by molar-refractivity contribution is 0.549. The monoisotopic (exact) mass is 274 g/mol. The molecule has 0 aromatic carbocycles. The van der Waals surface area contributed by atoms with Gasteiger partial charge in [0.1, 0.15) is 0 Å². The van der Waals surface area contributed by atoms with E-state index in [2.05, 4.69) is 54.7 Å². The Hall–Kier alpha value is -1.19. The highest BCUT2D eigenvalue weighted by Gasteiger charge is 2.16. The first-order valence-corrected chi connectivity index (χ1v) is 7.83. The second-order valence-electron chi connectivity index (χ2n) is 4.80. The molecule has 2 nitrogen and oxygen atoms in total. The van der Waals surface area contributed by atoms with Crippen LogP contribution in [0.4, 0.5) is 0 Å². The van der Waals surface area contributed by atoms with Crippen molar-refractivity contribution in [1.82, 2.24) is 10.3 Å². The Morgan fingerprint density at radius 3 is 2.74 bits per heavy atom. The van der Waals surface area contributed by atoms with Gasteiger partial charge in [0.25, 0.3) is 0 Å². The van der Waals surface area contributed by atoms with Crippen molar-refractivity contribution in [3.8, 4) is 0 Å². The van der Waals surface area contributed by atoms with E-state index >= 15 is 0 Å². The van der Waals surface area contributed by atoms with Gasteiger partial charge in [-0.2, -0.15) is 0 Å². The van der Waals surface area contributed by atoms with Crippen LogP contribution in [-0.2, 0) is 12.8 Å². The number of hydrogen-bond donors (Lipinski definition) is 1. The number of aromatic nitrogens is 1. The highest BCUT2D eigenvalue weighted by Crippen LogP contribution is 2.27. The number of nitrogens with one attached hydrogen (secondary N) is 1. The number of thiophene rings is 1. The molecule has 0 saturated heterocycles. The van der Waals surface area contributed by atoms with Gasteiger partial charge in [0.15, 0.2) is 0 Å². The molecule has 0 amide bonds. The van der Waals surface area contributed by atoms with Gasteiger partial charge in [-0.1, -0.05) is 19.9 Å². The summed E-state index contributed by atoms with van der Waals surface area (Å²) in [7, 11) is 0. The lowest BCUT2D eigenvalue weighted by atomic mass is 10.0. The van der Waals surface area contributed by atoms with E-state index in [0.29, 0.717) is 6.04 Å². The van der Waals surface area contributed by atoms with Crippen molar-refractivity contribution >= 4 is 11.3 Å². The summed E-state index contributed by atoms with van der Waals surface area (Å²) in [4.78, 5) is 5.99. The Kier molecular flexibility index (Phi) is 5.11. The first kappa shape index (κ1) is 14.2. The molecule has 2 aromatic heterocycles. The first-order valence-electron chi connectivity index (χ1n) is 6.95. The molecule has 102 valence electrons. The Balaban J connectivity index is 2.18. The van der Waals surface area contributed by atoms with Crippen molar-refractivity contribution < 1.29 is 0 Å². The van der Waals surface area contributed by atoms with Gasteiger partial charge in [0.05, 0.1) is 0 Å². The quantitative estimate of drug-likeness (QED) is 0.864. The third kappa shape index (κ3) is 3.64. The average Bonchev–Trinajstić information content (AvgIpc) is 2.89. The number of hydrogen-bond acceptors (Lipinski definition) is 3. The molecular weight excluding hydrogens is 252 g/mol. The van der Waals surface area contributed by atoms with Crippen LogP contribution in [0.5, 0.6) is 0 Å². The molecule has 0 radical (unpaired) electrons. The maximum atomic E-state index is 4.53. The number of pyridine rings is 1. The Bertz CT molecular complexity index is 502. The predicted molar refractivity (Wildman–Crippen MR) is 82.8 cm³/mol. The zero-order chi connectivity index (χ0) is 13.7. The predicted octanol–water partition coefficient (Wildman–Crippen LogP) is 3.91. The Morgan fingerprint density at radius 1 is 1.26 bits per heavy atom. The molecule has 2 heterocycles. The van der Waals surface area contributed by atoms with E-state index in [9.17, 15) is 0 Å². The molecule has 0 fully saturated rings. The van der Waals surface area contributed by atoms with Crippen LogP contribution in [0, 0.1) is 6.92 Å². The fraction of sp³-hybridized carbons (Fsp3) is 0.438. The molecule has 0 spiro atoms. The van der Waals surface area contributed by atoms with Gasteiger partial charge in [-0.3, -0.25) is 4.98 Å². The summed E-state index contributed by atoms with van der Waals surface area (Å²) in [6, 6.07) is 6.90. The molecule has 19 heavy (non-hydrogen) atoms. The van der Waals surface area contributed by atoms with Gasteiger partial charge < -0.3 is 5.32 Å². The molecule has 0 bridgehead atoms. The summed E-state index contributed by atoms with van der Waals surface area (Å²) in [6.45, 7) is 7.44. The molecule has 3 heteroatoms. The minimum Gasteiger partial charge on any atom is -0.309 e. The van der Waals surface area contributed by atoms with Crippen LogP contribution < -0.4 is 5.32 Å². The van der Waals surface area contributed by atoms with Gasteiger partial charge in [-0.15, -0.1) is 11.3 Å². The maximum absolute atomic E-state index is 4.53. The molecule has 2 rings (SSSR count). The van der Waals surface area contributed by atoms with Gasteiger partial charge in [-0.25, -0.2) is 0 Å². The van der Waals surface area contributed by atoms with Crippen LogP contribution in [0.25, 0.3) is 0 Å². The fourth-order valence-corrected chi connectivity index (χ4v) is 3.35. The minimum atomic E-state index is 0.384. The van der Waals surface area contributed by atoms with E-state index in [1.54, 1.807) is 0 Å². The largest absolute Gasteiger partial charge is 0.309 e. The SMILES string of the molecule is CCNC(Cc1ccc(C)cn1)c1sccc1CC. The standard InChI is InChI=1S/C16H22N2S/c1-4-13-8-9-19-16(13)15(17-5-2)10-14-7-6-12(3)11-18-14/h6-9,11,15,17H,4-5,10H2,1-3H3. The molecule has 1 unspecified atom stereocenters. The second-order valence-corrected chi connectivity index (χ2v) is 5.75. The molecule has 1 atom stereocenters. The van der Waals surface area contributed by atoms with Crippen LogP contribution in [0.15, 0.2) is 29.8 Å². The van der Waals surface area contributed by atoms with Crippen molar-refractivity contribution in [3.05, 3.63) is 51.5 Å². The molecule has 0 aliphatic carbocycles. The zero-order valence-corrected chi connectivity index (χ0v) is 12.8. The molecule has 1 N–H and O–H groups in total.